The Kier molecular flexibility index (Phi) is 6.79. The molecule has 0 aliphatic carbocycles. The summed E-state index contributed by atoms with van der Waals surface area (Å²) in [6.45, 7) is 0.158. The van der Waals surface area contributed by atoms with E-state index < -0.39 is 5.97 Å². The van der Waals surface area contributed by atoms with Crippen LogP contribution in [-0.4, -0.2) is 37.5 Å². The molecule has 70 valence electrons. The molecule has 0 saturated carbocycles. The Morgan fingerprint density at radius 2 is 2.42 bits per heavy atom. The first-order valence-corrected chi connectivity index (χ1v) is 4.96. The van der Waals surface area contributed by atoms with Crippen LogP contribution < -0.4 is 5.32 Å². The van der Waals surface area contributed by atoms with Crippen LogP contribution in [0.25, 0.3) is 0 Å². The highest BCUT2D eigenvalue weighted by Gasteiger charge is 2.16. The second-order valence-electron chi connectivity index (χ2n) is 2.16. The summed E-state index contributed by atoms with van der Waals surface area (Å²) >= 11 is 1.64. The first kappa shape index (κ1) is 11.4. The van der Waals surface area contributed by atoms with Crippen LogP contribution in [0.3, 0.4) is 0 Å². The summed E-state index contributed by atoms with van der Waals surface area (Å²) in [5.41, 5.74) is 0. The first-order chi connectivity index (χ1) is 5.76. The Morgan fingerprint density at radius 3 is 2.83 bits per heavy atom. The third-order valence-electron chi connectivity index (χ3n) is 1.41. The van der Waals surface area contributed by atoms with Crippen molar-refractivity contribution in [3.8, 4) is 0 Å². The maximum atomic E-state index is 11.0. The second-order valence-corrected chi connectivity index (χ2v) is 3.14. The molecule has 0 amide bonds. The number of esters is 1. The van der Waals surface area contributed by atoms with Gasteiger partial charge in [-0.1, -0.05) is 0 Å². The average Bonchev–Trinajstić information content (AvgIpc) is 2.06. The molecule has 0 aliphatic rings. The minimum absolute atomic E-state index is 0.158. The molecule has 0 heterocycles. The molecule has 0 rings (SSSR count). The summed E-state index contributed by atoms with van der Waals surface area (Å²) in [4.78, 5) is 20.8. The lowest BCUT2D eigenvalue weighted by Gasteiger charge is -2.11. The van der Waals surface area contributed by atoms with Crippen molar-refractivity contribution in [2.24, 2.45) is 0 Å². The molecule has 0 saturated heterocycles. The van der Waals surface area contributed by atoms with Crippen LogP contribution in [0.5, 0.6) is 0 Å². The Bertz CT molecular complexity index is 152. The SMILES string of the molecule is CNC(CCSC)C(=O)OC=O. The molecule has 0 aromatic carbocycles. The van der Waals surface area contributed by atoms with Crippen molar-refractivity contribution in [2.45, 2.75) is 12.5 Å². The van der Waals surface area contributed by atoms with Crippen LogP contribution in [0.4, 0.5) is 0 Å². The van der Waals surface area contributed by atoms with E-state index in [0.717, 1.165) is 5.75 Å². The molecule has 12 heavy (non-hydrogen) atoms. The van der Waals surface area contributed by atoms with Crippen molar-refractivity contribution in [1.82, 2.24) is 5.32 Å². The molecule has 1 unspecified atom stereocenters. The average molecular weight is 191 g/mol. The van der Waals surface area contributed by atoms with Gasteiger partial charge < -0.3 is 10.1 Å². The third kappa shape index (κ3) is 4.35. The zero-order chi connectivity index (χ0) is 9.40. The van der Waals surface area contributed by atoms with Crippen LogP contribution in [0.2, 0.25) is 0 Å². The second kappa shape index (κ2) is 7.12. The number of likely N-dealkylation sites (N-methyl/N-ethyl adjacent to an activating group) is 1. The number of carbonyl (C=O) groups is 2. The molecule has 0 bridgehead atoms. The maximum absolute atomic E-state index is 11.0. The van der Waals surface area contributed by atoms with E-state index in [0.29, 0.717) is 6.42 Å². The zero-order valence-electron chi connectivity index (χ0n) is 7.20. The minimum atomic E-state index is -0.512. The Labute approximate surface area is 76.0 Å². The summed E-state index contributed by atoms with van der Waals surface area (Å²) < 4.78 is 4.20. The van der Waals surface area contributed by atoms with Crippen molar-refractivity contribution in [3.05, 3.63) is 0 Å². The number of ether oxygens (including phenoxy) is 1. The Balaban J connectivity index is 3.78. The lowest BCUT2D eigenvalue weighted by molar-refractivity contribution is -0.153. The van der Waals surface area contributed by atoms with Gasteiger partial charge in [0, 0.05) is 0 Å². The molecular weight excluding hydrogens is 178 g/mol. The molecule has 0 fully saturated rings. The highest BCUT2D eigenvalue weighted by atomic mass is 32.2. The largest absolute Gasteiger partial charge is 0.394 e. The topological polar surface area (TPSA) is 55.4 Å². The highest BCUT2D eigenvalue weighted by Crippen LogP contribution is 2.01. The minimum Gasteiger partial charge on any atom is -0.394 e. The predicted octanol–water partition coefficient (Wildman–Crippen LogP) is 0.0271. The molecule has 5 heteroatoms. The van der Waals surface area contributed by atoms with Crippen molar-refractivity contribution in [2.75, 3.05) is 19.1 Å². The van der Waals surface area contributed by atoms with Gasteiger partial charge >= 0.3 is 12.4 Å². The molecule has 0 spiro atoms. The Morgan fingerprint density at radius 1 is 1.75 bits per heavy atom. The summed E-state index contributed by atoms with van der Waals surface area (Å²) in [7, 11) is 1.66. The van der Waals surface area contributed by atoms with E-state index in [1.165, 1.54) is 0 Å². The summed E-state index contributed by atoms with van der Waals surface area (Å²) in [6.07, 6.45) is 2.63. The fourth-order valence-corrected chi connectivity index (χ4v) is 1.22. The highest BCUT2D eigenvalue weighted by molar-refractivity contribution is 7.98. The van der Waals surface area contributed by atoms with Gasteiger partial charge in [-0.05, 0) is 25.5 Å². The van der Waals surface area contributed by atoms with Gasteiger partial charge in [0.2, 0.25) is 0 Å². The van der Waals surface area contributed by atoms with Gasteiger partial charge in [0.1, 0.15) is 6.04 Å². The summed E-state index contributed by atoms with van der Waals surface area (Å²) in [5, 5.41) is 2.77. The van der Waals surface area contributed by atoms with Crippen LogP contribution in [0.1, 0.15) is 6.42 Å². The fraction of sp³-hybridized carbons (Fsp3) is 0.714. The van der Waals surface area contributed by atoms with Crippen LogP contribution in [0.15, 0.2) is 0 Å². The van der Waals surface area contributed by atoms with Gasteiger partial charge in [-0.15, -0.1) is 0 Å². The fourth-order valence-electron chi connectivity index (χ4n) is 0.745. The van der Waals surface area contributed by atoms with Crippen LogP contribution >= 0.6 is 11.8 Å². The third-order valence-corrected chi connectivity index (χ3v) is 2.05. The maximum Gasteiger partial charge on any atom is 0.330 e. The molecule has 1 N–H and O–H groups in total. The lowest BCUT2D eigenvalue weighted by atomic mass is 10.2. The van der Waals surface area contributed by atoms with E-state index in [-0.39, 0.29) is 12.5 Å². The van der Waals surface area contributed by atoms with E-state index >= 15 is 0 Å². The molecular formula is C7H13NO3S. The number of nitrogens with one attached hydrogen (secondary N) is 1. The van der Waals surface area contributed by atoms with Crippen molar-refractivity contribution in [1.29, 1.82) is 0 Å². The summed E-state index contributed by atoms with van der Waals surface area (Å²) in [6, 6.07) is -0.373. The molecule has 4 nitrogen and oxygen atoms in total. The first-order valence-electron chi connectivity index (χ1n) is 3.56. The van der Waals surface area contributed by atoms with E-state index in [4.69, 9.17) is 0 Å². The van der Waals surface area contributed by atoms with Crippen molar-refractivity contribution >= 4 is 24.2 Å². The van der Waals surface area contributed by atoms with Crippen molar-refractivity contribution < 1.29 is 14.3 Å². The van der Waals surface area contributed by atoms with Crippen LogP contribution in [0, 0.1) is 0 Å². The number of thioether (sulfide) groups is 1. The van der Waals surface area contributed by atoms with Gasteiger partial charge in [0.25, 0.3) is 0 Å². The monoisotopic (exact) mass is 191 g/mol. The molecule has 0 aromatic heterocycles. The zero-order valence-corrected chi connectivity index (χ0v) is 8.02. The van der Waals surface area contributed by atoms with Gasteiger partial charge in [-0.25, -0.2) is 4.79 Å². The van der Waals surface area contributed by atoms with Gasteiger partial charge in [0.05, 0.1) is 0 Å². The smallest absolute Gasteiger partial charge is 0.330 e. The van der Waals surface area contributed by atoms with Gasteiger partial charge in [0.15, 0.2) is 0 Å². The lowest BCUT2D eigenvalue weighted by Crippen LogP contribution is -2.35. The van der Waals surface area contributed by atoms with E-state index in [1.807, 2.05) is 6.26 Å². The number of carbonyl (C=O) groups excluding carboxylic acids is 2. The van der Waals surface area contributed by atoms with Crippen LogP contribution in [-0.2, 0) is 14.3 Å². The quantitative estimate of drug-likeness (QED) is 0.364. The standard InChI is InChI=1S/C7H13NO3S/c1-8-6(3-4-12-2)7(10)11-5-9/h5-6,8H,3-4H2,1-2H3. The predicted molar refractivity (Wildman–Crippen MR) is 48.0 cm³/mol. The molecule has 0 radical (unpaired) electrons. The molecule has 0 aromatic rings. The van der Waals surface area contributed by atoms with Gasteiger partial charge in [-0.3, -0.25) is 4.79 Å². The van der Waals surface area contributed by atoms with E-state index in [2.05, 4.69) is 10.1 Å². The molecule has 0 aliphatic heterocycles. The summed E-state index contributed by atoms with van der Waals surface area (Å²) in [5.74, 6) is 0.348. The normalized spacial score (nSPS) is 12.2. The number of rotatable bonds is 6. The van der Waals surface area contributed by atoms with E-state index in [1.54, 1.807) is 18.8 Å². The van der Waals surface area contributed by atoms with Crippen molar-refractivity contribution in [3.63, 3.8) is 0 Å². The Hall–Kier alpha value is -0.550. The van der Waals surface area contributed by atoms with E-state index in [9.17, 15) is 9.59 Å². The number of hydrogen-bond donors (Lipinski definition) is 1. The number of hydrogen-bond acceptors (Lipinski definition) is 5. The van der Waals surface area contributed by atoms with Gasteiger partial charge in [-0.2, -0.15) is 11.8 Å². The molecule has 1 atom stereocenters.